The normalized spacial score (nSPS) is 13.3. The monoisotopic (exact) mass is 493 g/mol. The van der Waals surface area contributed by atoms with Crippen LogP contribution in [0.1, 0.15) is 27.6 Å². The summed E-state index contributed by atoms with van der Waals surface area (Å²) in [5, 5.41) is 5.57. The number of hydrogen-bond acceptors (Lipinski definition) is 5. The van der Waals surface area contributed by atoms with Gasteiger partial charge in [-0.1, -0.05) is 35.3 Å². The molecule has 0 aliphatic carbocycles. The molecule has 0 saturated carbocycles. The molecule has 170 valence electrons. The van der Waals surface area contributed by atoms with Crippen molar-refractivity contribution in [3.8, 4) is 0 Å². The summed E-state index contributed by atoms with van der Waals surface area (Å²) in [5.74, 6) is -1.74. The third-order valence-corrected chi connectivity index (χ3v) is 5.76. The van der Waals surface area contributed by atoms with E-state index >= 15 is 0 Å². The molecule has 0 bridgehead atoms. The molecule has 0 saturated heterocycles. The van der Waals surface area contributed by atoms with E-state index in [-0.39, 0.29) is 33.1 Å². The van der Waals surface area contributed by atoms with Gasteiger partial charge in [0.25, 0.3) is 17.7 Å². The number of carbonyl (C=O) groups is 4. The third kappa shape index (κ3) is 4.57. The van der Waals surface area contributed by atoms with Crippen molar-refractivity contribution in [2.75, 3.05) is 15.5 Å². The second kappa shape index (κ2) is 9.51. The summed E-state index contributed by atoms with van der Waals surface area (Å²) in [4.78, 5) is 50.3. The van der Waals surface area contributed by atoms with E-state index in [1.165, 1.54) is 6.92 Å². The van der Waals surface area contributed by atoms with Crippen LogP contribution in [0, 0.1) is 0 Å². The number of nitrogens with one attached hydrogen (secondary N) is 2. The number of carbonyl (C=O) groups excluding carboxylic acids is 4. The highest BCUT2D eigenvalue weighted by Gasteiger charge is 2.39. The second-order valence-corrected chi connectivity index (χ2v) is 8.16. The average Bonchev–Trinajstić information content (AvgIpc) is 3.03. The van der Waals surface area contributed by atoms with E-state index in [1.54, 1.807) is 72.8 Å². The van der Waals surface area contributed by atoms with Gasteiger partial charge in [-0.3, -0.25) is 19.2 Å². The molecule has 2 N–H and O–H groups in total. The minimum atomic E-state index is -0.686. The van der Waals surface area contributed by atoms with Crippen molar-refractivity contribution < 1.29 is 19.2 Å². The zero-order chi connectivity index (χ0) is 24.4. The Kier molecular flexibility index (Phi) is 6.49. The molecule has 3 amide bonds. The summed E-state index contributed by atoms with van der Waals surface area (Å²) in [6.45, 7) is 1.47. The summed E-state index contributed by atoms with van der Waals surface area (Å²) < 4.78 is 0. The second-order valence-electron chi connectivity index (χ2n) is 7.38. The predicted molar refractivity (Wildman–Crippen MR) is 131 cm³/mol. The molecular formula is C25H17Cl2N3O4. The number of benzene rings is 3. The molecule has 3 aromatic rings. The zero-order valence-corrected chi connectivity index (χ0v) is 19.3. The van der Waals surface area contributed by atoms with Gasteiger partial charge in [0.2, 0.25) is 0 Å². The molecule has 3 aromatic carbocycles. The lowest BCUT2D eigenvalue weighted by molar-refractivity contribution is -0.120. The maximum Gasteiger partial charge on any atom is 0.283 e. The van der Waals surface area contributed by atoms with Crippen LogP contribution in [0.3, 0.4) is 0 Å². The van der Waals surface area contributed by atoms with Gasteiger partial charge in [-0.25, -0.2) is 4.90 Å². The van der Waals surface area contributed by atoms with Crippen LogP contribution < -0.4 is 15.5 Å². The molecule has 0 fully saturated rings. The van der Waals surface area contributed by atoms with Crippen LogP contribution in [-0.2, 0) is 9.59 Å². The molecule has 0 atom stereocenters. The molecule has 34 heavy (non-hydrogen) atoms. The third-order valence-electron chi connectivity index (χ3n) is 5.09. The first kappa shape index (κ1) is 23.2. The minimum absolute atomic E-state index is 0.0615. The number of nitrogens with zero attached hydrogens (tertiary/aromatic N) is 1. The van der Waals surface area contributed by atoms with Crippen molar-refractivity contribution in [3.05, 3.63) is 99.7 Å². The maximum absolute atomic E-state index is 12.9. The molecule has 1 aliphatic heterocycles. The number of ketones is 1. The predicted octanol–water partition coefficient (Wildman–Crippen LogP) is 5.23. The SMILES string of the molecule is CC(=O)c1ccc(NC(=O)c2ccc(NC3=C(Cl)C(=O)N(c4ccccc4Cl)C3=O)cc2)cc1. The van der Waals surface area contributed by atoms with Gasteiger partial charge in [0.15, 0.2) is 5.78 Å². The summed E-state index contributed by atoms with van der Waals surface area (Å²) in [7, 11) is 0. The fourth-order valence-corrected chi connectivity index (χ4v) is 3.74. The average molecular weight is 494 g/mol. The highest BCUT2D eigenvalue weighted by molar-refractivity contribution is 6.53. The van der Waals surface area contributed by atoms with E-state index < -0.39 is 11.8 Å². The smallest absolute Gasteiger partial charge is 0.283 e. The Balaban J connectivity index is 1.46. The molecule has 9 heteroatoms. The summed E-state index contributed by atoms with van der Waals surface area (Å²) >= 11 is 12.3. The number of rotatable bonds is 6. The zero-order valence-electron chi connectivity index (χ0n) is 17.8. The Labute approximate surface area is 205 Å². The fourth-order valence-electron chi connectivity index (χ4n) is 3.30. The molecule has 0 spiro atoms. The van der Waals surface area contributed by atoms with Gasteiger partial charge in [0.05, 0.1) is 10.7 Å². The van der Waals surface area contributed by atoms with Crippen LogP contribution in [0.25, 0.3) is 0 Å². The quantitative estimate of drug-likeness (QED) is 0.362. The van der Waals surface area contributed by atoms with Gasteiger partial charge < -0.3 is 10.6 Å². The number of amides is 3. The van der Waals surface area contributed by atoms with E-state index in [2.05, 4.69) is 10.6 Å². The molecule has 4 rings (SSSR count). The first-order chi connectivity index (χ1) is 16.3. The van der Waals surface area contributed by atoms with Crippen LogP contribution in [0.2, 0.25) is 5.02 Å². The van der Waals surface area contributed by atoms with Gasteiger partial charge in [-0.15, -0.1) is 0 Å². The van der Waals surface area contributed by atoms with Crippen LogP contribution in [0.15, 0.2) is 83.5 Å². The molecule has 1 heterocycles. The highest BCUT2D eigenvalue weighted by atomic mass is 35.5. The molecule has 0 unspecified atom stereocenters. The summed E-state index contributed by atoms with van der Waals surface area (Å²) in [5.41, 5.74) is 2.07. The van der Waals surface area contributed by atoms with Gasteiger partial charge in [0.1, 0.15) is 10.7 Å². The van der Waals surface area contributed by atoms with Gasteiger partial charge in [-0.05, 0) is 67.6 Å². The van der Waals surface area contributed by atoms with Crippen molar-refractivity contribution in [2.24, 2.45) is 0 Å². The number of halogens is 2. The topological polar surface area (TPSA) is 95.6 Å². The van der Waals surface area contributed by atoms with Crippen molar-refractivity contribution >= 4 is 63.8 Å². The Morgan fingerprint density at radius 2 is 1.35 bits per heavy atom. The molecule has 0 radical (unpaired) electrons. The van der Waals surface area contributed by atoms with E-state index in [9.17, 15) is 19.2 Å². The van der Waals surface area contributed by atoms with E-state index in [0.29, 0.717) is 22.5 Å². The fraction of sp³-hybridized carbons (Fsp3) is 0.0400. The van der Waals surface area contributed by atoms with Crippen LogP contribution >= 0.6 is 23.2 Å². The number of anilines is 3. The first-order valence-corrected chi connectivity index (χ1v) is 10.8. The Morgan fingerprint density at radius 1 is 0.765 bits per heavy atom. The lowest BCUT2D eigenvalue weighted by Gasteiger charge is -2.16. The largest absolute Gasteiger partial charge is 0.350 e. The first-order valence-electron chi connectivity index (χ1n) is 10.1. The van der Waals surface area contributed by atoms with Crippen molar-refractivity contribution in [1.82, 2.24) is 0 Å². The van der Waals surface area contributed by atoms with Crippen LogP contribution in [0.4, 0.5) is 17.1 Å². The number of hydrogen-bond donors (Lipinski definition) is 2. The maximum atomic E-state index is 12.9. The van der Waals surface area contributed by atoms with E-state index in [1.807, 2.05) is 0 Å². The summed E-state index contributed by atoms with van der Waals surface area (Å²) in [6, 6.07) is 19.3. The van der Waals surface area contributed by atoms with Crippen molar-refractivity contribution in [2.45, 2.75) is 6.92 Å². The molecular weight excluding hydrogens is 477 g/mol. The number of imide groups is 1. The Hall–Kier alpha value is -3.94. The number of Topliss-reactive ketones (excluding diaryl/α,β-unsaturated/α-hetero) is 1. The van der Waals surface area contributed by atoms with E-state index in [0.717, 1.165) is 4.90 Å². The lowest BCUT2D eigenvalue weighted by Crippen LogP contribution is -2.32. The van der Waals surface area contributed by atoms with Crippen LogP contribution in [-0.4, -0.2) is 23.5 Å². The van der Waals surface area contributed by atoms with E-state index in [4.69, 9.17) is 23.2 Å². The number of para-hydroxylation sites is 1. The molecule has 0 aromatic heterocycles. The summed E-state index contributed by atoms with van der Waals surface area (Å²) in [6.07, 6.45) is 0. The Bertz CT molecular complexity index is 1350. The van der Waals surface area contributed by atoms with Crippen molar-refractivity contribution in [1.29, 1.82) is 0 Å². The standard InChI is InChI=1S/C25H17Cl2N3O4/c1-14(31)15-6-10-18(11-7-15)29-23(32)16-8-12-17(13-9-16)28-22-21(27)24(33)30(25(22)34)20-5-3-2-4-19(20)26/h2-13,28H,1H3,(H,29,32). The van der Waals surface area contributed by atoms with Gasteiger partial charge >= 0.3 is 0 Å². The van der Waals surface area contributed by atoms with Gasteiger partial charge in [0, 0.05) is 22.5 Å². The Morgan fingerprint density at radius 3 is 1.97 bits per heavy atom. The van der Waals surface area contributed by atoms with Crippen molar-refractivity contribution in [3.63, 3.8) is 0 Å². The van der Waals surface area contributed by atoms with Gasteiger partial charge in [-0.2, -0.15) is 0 Å². The highest BCUT2D eigenvalue weighted by Crippen LogP contribution is 2.34. The lowest BCUT2D eigenvalue weighted by atomic mass is 10.1. The van der Waals surface area contributed by atoms with Crippen LogP contribution in [0.5, 0.6) is 0 Å². The minimum Gasteiger partial charge on any atom is -0.350 e. The molecule has 7 nitrogen and oxygen atoms in total. The molecule has 1 aliphatic rings.